The van der Waals surface area contributed by atoms with E-state index in [1.54, 1.807) is 0 Å². The van der Waals surface area contributed by atoms with Gasteiger partial charge in [-0.15, -0.1) is 0 Å². The Kier molecular flexibility index (Phi) is 4.62. The van der Waals surface area contributed by atoms with E-state index in [1.165, 1.54) is 0 Å². The average molecular weight is 421 g/mol. The summed E-state index contributed by atoms with van der Waals surface area (Å²) in [6.07, 6.45) is 4.62. The molecule has 9 atom stereocenters. The van der Waals surface area contributed by atoms with E-state index in [0.717, 1.165) is 44.9 Å². The largest absolute Gasteiger partial charge is 0.462 e. The molecule has 1 N–H and O–H groups in total. The summed E-state index contributed by atoms with van der Waals surface area (Å²) in [6.45, 7) is 9.04. The highest BCUT2D eigenvalue weighted by Crippen LogP contribution is 2.73. The predicted molar refractivity (Wildman–Crippen MR) is 108 cm³/mol. The van der Waals surface area contributed by atoms with Gasteiger partial charge in [0.15, 0.2) is 6.29 Å². The van der Waals surface area contributed by atoms with Gasteiger partial charge in [0, 0.05) is 12.3 Å². The Morgan fingerprint density at radius 2 is 1.97 bits per heavy atom. The summed E-state index contributed by atoms with van der Waals surface area (Å²) >= 11 is 0. The fourth-order valence-electron chi connectivity index (χ4n) is 8.68. The minimum Gasteiger partial charge on any atom is -0.462 e. The van der Waals surface area contributed by atoms with E-state index < -0.39 is 24.1 Å². The van der Waals surface area contributed by atoms with Gasteiger partial charge in [-0.3, -0.25) is 9.59 Å². The van der Waals surface area contributed by atoms with Gasteiger partial charge in [-0.1, -0.05) is 34.1 Å². The van der Waals surface area contributed by atoms with Crippen molar-refractivity contribution in [1.82, 2.24) is 0 Å². The molecule has 0 radical (unpaired) electrons. The van der Waals surface area contributed by atoms with E-state index >= 15 is 0 Å². The van der Waals surface area contributed by atoms with Crippen molar-refractivity contribution in [1.29, 1.82) is 0 Å². The number of aliphatic hydroxyl groups excluding tert-OH is 1. The minimum atomic E-state index is -1.07. The number of rotatable bonds is 3. The van der Waals surface area contributed by atoms with Crippen molar-refractivity contribution in [2.45, 2.75) is 97.7 Å². The molecule has 2 heterocycles. The van der Waals surface area contributed by atoms with Crippen LogP contribution >= 0.6 is 0 Å². The second-order valence-corrected chi connectivity index (χ2v) is 11.4. The monoisotopic (exact) mass is 420 g/mol. The first kappa shape index (κ1) is 20.7. The Labute approximate surface area is 179 Å². The Morgan fingerprint density at radius 3 is 2.70 bits per heavy atom. The molecule has 2 aliphatic heterocycles. The lowest BCUT2D eigenvalue weighted by atomic mass is 9.37. The third-order valence-corrected chi connectivity index (χ3v) is 9.71. The molecule has 5 aliphatic rings. The molecule has 0 aromatic heterocycles. The maximum Gasteiger partial charge on any atom is 0.311 e. The van der Waals surface area contributed by atoms with Crippen molar-refractivity contribution in [3.63, 3.8) is 0 Å². The summed E-state index contributed by atoms with van der Waals surface area (Å²) in [5.74, 6) is -0.401. The average Bonchev–Trinajstić information content (AvgIpc) is 3.13. The van der Waals surface area contributed by atoms with E-state index in [4.69, 9.17) is 14.2 Å². The molecule has 3 aliphatic carbocycles. The normalized spacial score (nSPS) is 50.8. The van der Waals surface area contributed by atoms with Gasteiger partial charge in [0.1, 0.15) is 6.10 Å². The van der Waals surface area contributed by atoms with Crippen molar-refractivity contribution in [3.8, 4) is 0 Å². The third-order valence-electron chi connectivity index (χ3n) is 9.71. The molecular weight excluding hydrogens is 384 g/mol. The number of carbonyl (C=O) groups excluding carboxylic acids is 2. The van der Waals surface area contributed by atoms with Gasteiger partial charge < -0.3 is 19.3 Å². The van der Waals surface area contributed by atoms with Crippen molar-refractivity contribution in [2.75, 3.05) is 0 Å². The molecule has 6 nitrogen and oxygen atoms in total. The lowest BCUT2D eigenvalue weighted by molar-refractivity contribution is -0.279. The van der Waals surface area contributed by atoms with Crippen molar-refractivity contribution < 1.29 is 28.9 Å². The zero-order valence-corrected chi connectivity index (χ0v) is 18.7. The molecule has 168 valence electrons. The maximum absolute atomic E-state index is 12.7. The van der Waals surface area contributed by atoms with Gasteiger partial charge in [0.25, 0.3) is 0 Å². The highest BCUT2D eigenvalue weighted by Gasteiger charge is 2.78. The molecule has 5 fully saturated rings. The van der Waals surface area contributed by atoms with Crippen LogP contribution in [0.4, 0.5) is 0 Å². The van der Waals surface area contributed by atoms with Crippen molar-refractivity contribution >= 4 is 11.9 Å². The number of esters is 2. The fourth-order valence-corrected chi connectivity index (χ4v) is 8.68. The Hall–Kier alpha value is -1.14. The molecule has 0 bridgehead atoms. The molecule has 0 aromatic carbocycles. The molecule has 6 heteroatoms. The Morgan fingerprint density at radius 1 is 1.20 bits per heavy atom. The number of hydrogen-bond acceptors (Lipinski definition) is 6. The SMILES string of the molecule is CCCC(=O)O[C@@H]1CC2C(C)(C)CCC[C@]2(C)C2CC[C@H]3C(=O)O[C@H]4O[C@@H](O)[C@]21[C@H]43. The molecule has 5 rings (SSSR count). The van der Waals surface area contributed by atoms with Crippen LogP contribution in [0.15, 0.2) is 0 Å². The third kappa shape index (κ3) is 2.49. The number of ether oxygens (including phenoxy) is 3. The van der Waals surface area contributed by atoms with Crippen LogP contribution in [-0.4, -0.2) is 35.7 Å². The van der Waals surface area contributed by atoms with E-state index in [9.17, 15) is 14.7 Å². The lowest BCUT2D eigenvalue weighted by Gasteiger charge is -2.67. The number of carbonyl (C=O) groups is 2. The van der Waals surface area contributed by atoms with Crippen LogP contribution in [0.5, 0.6) is 0 Å². The van der Waals surface area contributed by atoms with Crippen LogP contribution in [-0.2, 0) is 23.8 Å². The van der Waals surface area contributed by atoms with Crippen LogP contribution in [0.3, 0.4) is 0 Å². The van der Waals surface area contributed by atoms with E-state index in [0.29, 0.717) is 12.3 Å². The van der Waals surface area contributed by atoms with Crippen LogP contribution in [0.25, 0.3) is 0 Å². The number of hydrogen-bond donors (Lipinski definition) is 1. The molecule has 2 unspecified atom stereocenters. The van der Waals surface area contributed by atoms with Gasteiger partial charge >= 0.3 is 11.9 Å². The molecule has 0 amide bonds. The highest BCUT2D eigenvalue weighted by atomic mass is 16.8. The summed E-state index contributed by atoms with van der Waals surface area (Å²) in [4.78, 5) is 25.3. The van der Waals surface area contributed by atoms with E-state index in [-0.39, 0.29) is 40.5 Å². The standard InChI is InChI=1S/C24H36O6/c1-5-7-17(25)28-16-12-15-22(2,3)10-6-11-23(15,4)14-9-8-13-18-20(29-19(13)26)30-21(27)24(14,16)18/h13-16,18,20-21,27H,5-12H2,1-4H3/t13-,14?,15?,16-,18+,20+,21-,23-,24-/m1/s1. The van der Waals surface area contributed by atoms with Crippen LogP contribution in [0.2, 0.25) is 0 Å². The first-order valence-electron chi connectivity index (χ1n) is 11.9. The van der Waals surface area contributed by atoms with Gasteiger partial charge in [0.05, 0.1) is 11.3 Å². The molecular formula is C24H36O6. The summed E-state index contributed by atoms with van der Waals surface area (Å²) < 4.78 is 17.6. The Bertz CT molecular complexity index is 748. The summed E-state index contributed by atoms with van der Waals surface area (Å²) in [7, 11) is 0. The van der Waals surface area contributed by atoms with Crippen LogP contribution in [0, 0.1) is 39.9 Å². The predicted octanol–water partition coefficient (Wildman–Crippen LogP) is 3.79. The number of aliphatic hydroxyl groups is 1. The molecule has 30 heavy (non-hydrogen) atoms. The minimum absolute atomic E-state index is 0.0191. The fraction of sp³-hybridized carbons (Fsp3) is 0.917. The van der Waals surface area contributed by atoms with Crippen LogP contribution in [0.1, 0.15) is 79.1 Å². The summed E-state index contributed by atoms with van der Waals surface area (Å²) in [5.41, 5.74) is -0.597. The van der Waals surface area contributed by atoms with Crippen molar-refractivity contribution in [2.24, 2.45) is 39.9 Å². The van der Waals surface area contributed by atoms with Gasteiger partial charge in [-0.05, 0) is 61.2 Å². The molecule has 0 aromatic rings. The van der Waals surface area contributed by atoms with Gasteiger partial charge in [-0.25, -0.2) is 0 Å². The quantitative estimate of drug-likeness (QED) is 0.700. The number of fused-ring (bicyclic) bond motifs is 2. The topological polar surface area (TPSA) is 82.1 Å². The molecule has 1 spiro atoms. The lowest BCUT2D eigenvalue weighted by Crippen LogP contribution is -2.68. The molecule has 2 saturated heterocycles. The molecule has 3 saturated carbocycles. The zero-order valence-electron chi connectivity index (χ0n) is 18.7. The highest BCUT2D eigenvalue weighted by molar-refractivity contribution is 5.76. The van der Waals surface area contributed by atoms with E-state index in [2.05, 4.69) is 20.8 Å². The second kappa shape index (κ2) is 6.68. The Balaban J connectivity index is 1.64. The van der Waals surface area contributed by atoms with Gasteiger partial charge in [-0.2, -0.15) is 0 Å². The van der Waals surface area contributed by atoms with Crippen molar-refractivity contribution in [3.05, 3.63) is 0 Å². The summed E-state index contributed by atoms with van der Waals surface area (Å²) in [6, 6.07) is 0. The second-order valence-electron chi connectivity index (χ2n) is 11.4. The first-order valence-corrected chi connectivity index (χ1v) is 11.9. The van der Waals surface area contributed by atoms with E-state index in [1.807, 2.05) is 6.92 Å². The maximum atomic E-state index is 12.7. The van der Waals surface area contributed by atoms with Crippen LogP contribution < -0.4 is 0 Å². The smallest absolute Gasteiger partial charge is 0.311 e. The summed E-state index contributed by atoms with van der Waals surface area (Å²) in [5, 5.41) is 11.4. The van der Waals surface area contributed by atoms with Gasteiger partial charge in [0.2, 0.25) is 6.29 Å². The first-order chi connectivity index (χ1) is 14.2. The zero-order chi connectivity index (χ0) is 21.5.